The SMILES string of the molecule is CC(=O)SCC#Cc1cc(C(F)(F)F)ccc1C. The Balaban J connectivity index is 2.91. The average molecular weight is 272 g/mol. The smallest absolute Gasteiger partial charge is 0.288 e. The summed E-state index contributed by atoms with van der Waals surface area (Å²) in [6, 6.07) is 3.45. The van der Waals surface area contributed by atoms with Gasteiger partial charge < -0.3 is 0 Å². The van der Waals surface area contributed by atoms with Gasteiger partial charge in [0.05, 0.1) is 11.3 Å². The fraction of sp³-hybridized carbons (Fsp3) is 0.308. The van der Waals surface area contributed by atoms with Crippen molar-refractivity contribution < 1.29 is 18.0 Å². The first kappa shape index (κ1) is 14.7. The predicted molar refractivity (Wildman–Crippen MR) is 66.2 cm³/mol. The summed E-state index contributed by atoms with van der Waals surface area (Å²) in [4.78, 5) is 10.7. The number of benzene rings is 1. The van der Waals surface area contributed by atoms with Crippen LogP contribution in [0, 0.1) is 18.8 Å². The summed E-state index contributed by atoms with van der Waals surface area (Å²) in [7, 11) is 0. The van der Waals surface area contributed by atoms with E-state index in [1.807, 2.05) is 0 Å². The van der Waals surface area contributed by atoms with E-state index >= 15 is 0 Å². The summed E-state index contributed by atoms with van der Waals surface area (Å²) < 4.78 is 37.5. The molecule has 5 heteroatoms. The van der Waals surface area contributed by atoms with Crippen LogP contribution in [-0.4, -0.2) is 10.9 Å². The van der Waals surface area contributed by atoms with E-state index in [-0.39, 0.29) is 10.9 Å². The number of rotatable bonds is 1. The molecule has 0 N–H and O–H groups in total. The molecule has 0 unspecified atom stereocenters. The van der Waals surface area contributed by atoms with Crippen LogP contribution < -0.4 is 0 Å². The Bertz CT molecular complexity index is 509. The Morgan fingerprint density at radius 2 is 2.06 bits per heavy atom. The fourth-order valence-corrected chi connectivity index (χ4v) is 1.55. The summed E-state index contributed by atoms with van der Waals surface area (Å²) in [5.74, 6) is 5.62. The van der Waals surface area contributed by atoms with E-state index in [1.54, 1.807) is 6.92 Å². The lowest BCUT2D eigenvalue weighted by Gasteiger charge is -2.07. The fourth-order valence-electron chi connectivity index (χ4n) is 1.20. The third-order valence-corrected chi connectivity index (χ3v) is 2.83. The van der Waals surface area contributed by atoms with Crippen LogP contribution in [-0.2, 0) is 11.0 Å². The zero-order chi connectivity index (χ0) is 13.8. The van der Waals surface area contributed by atoms with Gasteiger partial charge in [0.25, 0.3) is 0 Å². The van der Waals surface area contributed by atoms with E-state index in [1.165, 1.54) is 13.0 Å². The molecule has 1 nitrogen and oxygen atoms in total. The maximum absolute atomic E-state index is 12.5. The quantitative estimate of drug-likeness (QED) is 0.726. The normalized spacial score (nSPS) is 10.7. The van der Waals surface area contributed by atoms with Crippen LogP contribution in [0.5, 0.6) is 0 Å². The topological polar surface area (TPSA) is 17.1 Å². The van der Waals surface area contributed by atoms with Crippen molar-refractivity contribution in [1.29, 1.82) is 0 Å². The zero-order valence-corrected chi connectivity index (χ0v) is 10.7. The molecule has 0 heterocycles. The molecule has 1 aromatic carbocycles. The van der Waals surface area contributed by atoms with Crippen molar-refractivity contribution in [3.05, 3.63) is 34.9 Å². The first-order chi connectivity index (χ1) is 8.30. The summed E-state index contributed by atoms with van der Waals surface area (Å²) in [6.45, 7) is 3.12. The van der Waals surface area contributed by atoms with Crippen LogP contribution >= 0.6 is 11.8 Å². The van der Waals surface area contributed by atoms with E-state index < -0.39 is 11.7 Å². The number of hydrogen-bond donors (Lipinski definition) is 0. The number of carbonyl (C=O) groups is 1. The largest absolute Gasteiger partial charge is 0.416 e. The van der Waals surface area contributed by atoms with Crippen molar-refractivity contribution in [2.75, 3.05) is 5.75 Å². The molecule has 0 amide bonds. The number of alkyl halides is 3. The molecule has 1 aromatic rings. The van der Waals surface area contributed by atoms with Gasteiger partial charge in [-0.2, -0.15) is 13.2 Å². The van der Waals surface area contributed by atoms with Gasteiger partial charge >= 0.3 is 6.18 Å². The molecule has 0 spiro atoms. The maximum atomic E-state index is 12.5. The summed E-state index contributed by atoms with van der Waals surface area (Å²) in [5, 5.41) is -0.0648. The van der Waals surface area contributed by atoms with Gasteiger partial charge in [0.1, 0.15) is 0 Å². The molecule has 0 radical (unpaired) electrons. The van der Waals surface area contributed by atoms with E-state index in [9.17, 15) is 18.0 Å². The van der Waals surface area contributed by atoms with Crippen LogP contribution in [0.4, 0.5) is 13.2 Å². The minimum atomic E-state index is -4.36. The minimum Gasteiger partial charge on any atom is -0.288 e. The molecule has 1 rings (SSSR count). The highest BCUT2D eigenvalue weighted by Gasteiger charge is 2.30. The number of carbonyl (C=O) groups excluding carboxylic acids is 1. The number of aryl methyl sites for hydroxylation is 1. The number of thioether (sulfide) groups is 1. The molecule has 0 bridgehead atoms. The Morgan fingerprint density at radius 1 is 1.39 bits per heavy atom. The third kappa shape index (κ3) is 4.46. The van der Waals surface area contributed by atoms with Gasteiger partial charge in [-0.15, -0.1) is 0 Å². The summed E-state index contributed by atoms with van der Waals surface area (Å²) in [6.07, 6.45) is -4.36. The maximum Gasteiger partial charge on any atom is 0.416 e. The van der Waals surface area contributed by atoms with E-state index in [0.29, 0.717) is 11.1 Å². The van der Waals surface area contributed by atoms with Crippen molar-refractivity contribution in [1.82, 2.24) is 0 Å². The van der Waals surface area contributed by atoms with Crippen LogP contribution in [0.25, 0.3) is 0 Å². The van der Waals surface area contributed by atoms with Gasteiger partial charge in [-0.1, -0.05) is 29.7 Å². The van der Waals surface area contributed by atoms with Gasteiger partial charge in [-0.05, 0) is 24.6 Å². The molecule has 0 saturated carbocycles. The zero-order valence-electron chi connectivity index (χ0n) is 9.89. The minimum absolute atomic E-state index is 0.0648. The molecule has 0 aliphatic heterocycles. The Hall–Kier alpha value is -1.41. The lowest BCUT2D eigenvalue weighted by Crippen LogP contribution is -2.05. The van der Waals surface area contributed by atoms with E-state index in [0.717, 1.165) is 23.9 Å². The molecule has 0 aliphatic carbocycles. The molecule has 18 heavy (non-hydrogen) atoms. The highest BCUT2D eigenvalue weighted by Crippen LogP contribution is 2.30. The summed E-state index contributed by atoms with van der Waals surface area (Å²) in [5.41, 5.74) is 0.314. The third-order valence-electron chi connectivity index (χ3n) is 2.14. The Morgan fingerprint density at radius 3 is 2.61 bits per heavy atom. The van der Waals surface area contributed by atoms with Crippen LogP contribution in [0.2, 0.25) is 0 Å². The second-order valence-electron chi connectivity index (χ2n) is 3.61. The van der Waals surface area contributed by atoms with Crippen molar-refractivity contribution >= 4 is 16.9 Å². The number of halogens is 3. The molecule has 0 aromatic heterocycles. The molecular formula is C13H11F3OS. The number of hydrogen-bond acceptors (Lipinski definition) is 2. The Labute approximate surface area is 108 Å². The molecule has 96 valence electrons. The van der Waals surface area contributed by atoms with E-state index in [2.05, 4.69) is 11.8 Å². The van der Waals surface area contributed by atoms with Gasteiger partial charge in [0.15, 0.2) is 5.12 Å². The van der Waals surface area contributed by atoms with Gasteiger partial charge in [-0.3, -0.25) is 4.79 Å². The van der Waals surface area contributed by atoms with Crippen molar-refractivity contribution in [2.24, 2.45) is 0 Å². The second-order valence-corrected chi connectivity index (χ2v) is 4.76. The van der Waals surface area contributed by atoms with Crippen molar-refractivity contribution in [2.45, 2.75) is 20.0 Å². The van der Waals surface area contributed by atoms with Crippen LogP contribution in [0.15, 0.2) is 18.2 Å². The van der Waals surface area contributed by atoms with Gasteiger partial charge in [0, 0.05) is 12.5 Å². The van der Waals surface area contributed by atoms with Crippen LogP contribution in [0.1, 0.15) is 23.6 Å². The van der Waals surface area contributed by atoms with Gasteiger partial charge in [-0.25, -0.2) is 0 Å². The highest BCUT2D eigenvalue weighted by molar-refractivity contribution is 8.13. The van der Waals surface area contributed by atoms with E-state index in [4.69, 9.17) is 0 Å². The molecule has 0 aliphatic rings. The summed E-state index contributed by atoms with van der Waals surface area (Å²) >= 11 is 1.03. The van der Waals surface area contributed by atoms with Crippen molar-refractivity contribution in [3.8, 4) is 11.8 Å². The van der Waals surface area contributed by atoms with Crippen molar-refractivity contribution in [3.63, 3.8) is 0 Å². The lowest BCUT2D eigenvalue weighted by atomic mass is 10.1. The molecule has 0 atom stereocenters. The first-order valence-corrected chi connectivity index (χ1v) is 6.09. The molecule has 0 saturated heterocycles. The molecular weight excluding hydrogens is 261 g/mol. The lowest BCUT2D eigenvalue weighted by molar-refractivity contribution is -0.137. The highest BCUT2D eigenvalue weighted by atomic mass is 32.2. The Kier molecular flexibility index (Phi) is 4.85. The second kappa shape index (κ2) is 5.96. The average Bonchev–Trinajstić information content (AvgIpc) is 2.24. The molecule has 0 fully saturated rings. The first-order valence-electron chi connectivity index (χ1n) is 5.11. The van der Waals surface area contributed by atoms with Gasteiger partial charge in [0.2, 0.25) is 0 Å². The standard InChI is InChI=1S/C13H11F3OS/c1-9-5-6-12(13(14,15)16)8-11(9)4-3-7-18-10(2)17/h5-6,8H,7H2,1-2H3. The monoisotopic (exact) mass is 272 g/mol. The predicted octanol–water partition coefficient (Wildman–Crippen LogP) is 3.65. The van der Waals surface area contributed by atoms with Crippen LogP contribution in [0.3, 0.4) is 0 Å².